The van der Waals surface area contributed by atoms with Crippen molar-refractivity contribution in [1.82, 2.24) is 0 Å². The minimum absolute atomic E-state index is 0.117. The van der Waals surface area contributed by atoms with Crippen LogP contribution in [0.3, 0.4) is 0 Å². The Bertz CT molecular complexity index is 826. The first-order valence-corrected chi connectivity index (χ1v) is 9.60. The molecule has 0 amide bonds. The Morgan fingerprint density at radius 2 is 1.85 bits per heavy atom. The van der Waals surface area contributed by atoms with Crippen LogP contribution in [0.25, 0.3) is 11.6 Å². The summed E-state index contributed by atoms with van der Waals surface area (Å²) >= 11 is 0. The van der Waals surface area contributed by atoms with Crippen LogP contribution >= 0.6 is 0 Å². The van der Waals surface area contributed by atoms with E-state index in [4.69, 9.17) is 4.74 Å². The van der Waals surface area contributed by atoms with Gasteiger partial charge in [0.1, 0.15) is 5.75 Å². The molecule has 3 rings (SSSR count). The first-order chi connectivity index (χ1) is 13.0. The van der Waals surface area contributed by atoms with Gasteiger partial charge in [-0.25, -0.2) is 0 Å². The van der Waals surface area contributed by atoms with Crippen molar-refractivity contribution in [3.63, 3.8) is 0 Å². The molecule has 140 valence electrons. The third-order valence-electron chi connectivity index (χ3n) is 5.07. The van der Waals surface area contributed by atoms with E-state index < -0.39 is 0 Å². The molecule has 0 saturated heterocycles. The van der Waals surface area contributed by atoms with Crippen LogP contribution < -0.4 is 0 Å². The molecule has 27 heavy (non-hydrogen) atoms. The van der Waals surface area contributed by atoms with Gasteiger partial charge in [-0.1, -0.05) is 75.0 Å². The van der Waals surface area contributed by atoms with Gasteiger partial charge in [0, 0.05) is 0 Å². The number of rotatable bonds is 7. The largest absolute Gasteiger partial charge is 0.508 e. The van der Waals surface area contributed by atoms with Gasteiger partial charge >= 0.3 is 0 Å². The minimum atomic E-state index is 0.117. The Kier molecular flexibility index (Phi) is 6.31. The Morgan fingerprint density at radius 3 is 2.52 bits per heavy atom. The lowest BCUT2D eigenvalue weighted by molar-refractivity contribution is 0.117. The molecule has 2 aromatic carbocycles. The van der Waals surface area contributed by atoms with Crippen molar-refractivity contribution in [2.45, 2.75) is 32.8 Å². The smallest absolute Gasteiger partial charge is 0.115 e. The second-order valence-electron chi connectivity index (χ2n) is 7.33. The molecule has 0 fully saturated rings. The lowest BCUT2D eigenvalue weighted by Crippen LogP contribution is -2.13. The average Bonchev–Trinajstić information content (AvgIpc) is 3.15. The predicted octanol–water partition coefficient (Wildman–Crippen LogP) is 6.25. The van der Waals surface area contributed by atoms with Gasteiger partial charge in [0.25, 0.3) is 0 Å². The predicted molar refractivity (Wildman–Crippen MR) is 113 cm³/mol. The molecule has 1 atom stereocenters. The lowest BCUT2D eigenvalue weighted by atomic mass is 9.89. The fraction of sp³-hybridized carbons (Fsp3) is 0.280. The average molecular weight is 360 g/mol. The van der Waals surface area contributed by atoms with Gasteiger partial charge in [0.05, 0.1) is 12.7 Å². The quantitative estimate of drug-likeness (QED) is 0.591. The van der Waals surface area contributed by atoms with Gasteiger partial charge in [0.2, 0.25) is 0 Å². The summed E-state index contributed by atoms with van der Waals surface area (Å²) in [5, 5.41) is 9.53. The Hall–Kier alpha value is -2.58. The molecule has 2 heteroatoms. The monoisotopic (exact) mass is 360 g/mol. The number of benzene rings is 2. The lowest BCUT2D eigenvalue weighted by Gasteiger charge is -2.20. The summed E-state index contributed by atoms with van der Waals surface area (Å²) in [5.74, 6) is 0.719. The van der Waals surface area contributed by atoms with Crippen LogP contribution in [0.2, 0.25) is 0 Å². The molecule has 0 aromatic heterocycles. The molecule has 0 bridgehead atoms. The van der Waals surface area contributed by atoms with E-state index in [-0.39, 0.29) is 11.9 Å². The molecule has 1 heterocycles. The fourth-order valence-corrected chi connectivity index (χ4v) is 3.40. The number of aromatic hydroxyl groups is 1. The fourth-order valence-electron chi connectivity index (χ4n) is 3.40. The van der Waals surface area contributed by atoms with Crippen molar-refractivity contribution >= 4 is 11.6 Å². The van der Waals surface area contributed by atoms with E-state index in [1.165, 1.54) is 22.3 Å². The summed E-state index contributed by atoms with van der Waals surface area (Å²) in [6, 6.07) is 17.8. The van der Waals surface area contributed by atoms with E-state index in [9.17, 15) is 5.11 Å². The van der Waals surface area contributed by atoms with Gasteiger partial charge in [-0.3, -0.25) is 0 Å². The topological polar surface area (TPSA) is 29.5 Å². The number of phenolic OH excluding ortho intramolecular Hbond substituents is 1. The van der Waals surface area contributed by atoms with Crippen LogP contribution in [0.4, 0.5) is 0 Å². The number of allylic oxidation sites excluding steroid dienone is 1. The highest BCUT2D eigenvalue weighted by molar-refractivity contribution is 5.81. The number of hydrogen-bond acceptors (Lipinski definition) is 2. The summed E-state index contributed by atoms with van der Waals surface area (Å²) in [7, 11) is 0. The van der Waals surface area contributed by atoms with Crippen LogP contribution in [0.5, 0.6) is 5.75 Å². The highest BCUT2D eigenvalue weighted by Crippen LogP contribution is 2.32. The Balaban J connectivity index is 1.79. The summed E-state index contributed by atoms with van der Waals surface area (Å²) in [4.78, 5) is 0. The highest BCUT2D eigenvalue weighted by Gasteiger charge is 2.23. The number of hydrogen-bond donors (Lipinski definition) is 1. The molecule has 0 aliphatic carbocycles. The Labute approximate surface area is 162 Å². The van der Waals surface area contributed by atoms with E-state index in [1.807, 2.05) is 18.2 Å². The molecule has 2 aromatic rings. The molecule has 1 unspecified atom stereocenters. The standard InChI is InChI=1S/C25H28O2/c1-18(2)19(3)24-15-16-27-25(24)14-11-22(21-7-5-4-6-8-21)17-20-9-12-23(26)13-10-20/h4-10,12-13,15,17-18,25-26H,3,11,14,16H2,1-2H3/b22-17-. The molecular formula is C25H28O2. The summed E-state index contributed by atoms with van der Waals surface area (Å²) in [6.45, 7) is 9.29. The second kappa shape index (κ2) is 8.88. The third kappa shape index (κ3) is 4.99. The maximum Gasteiger partial charge on any atom is 0.115 e. The summed E-state index contributed by atoms with van der Waals surface area (Å²) in [6.07, 6.45) is 6.34. The zero-order chi connectivity index (χ0) is 19.2. The van der Waals surface area contributed by atoms with Gasteiger partial charge < -0.3 is 9.84 Å². The van der Waals surface area contributed by atoms with Gasteiger partial charge in [-0.05, 0) is 58.7 Å². The minimum Gasteiger partial charge on any atom is -0.508 e. The van der Waals surface area contributed by atoms with Crippen LogP contribution in [-0.4, -0.2) is 17.8 Å². The van der Waals surface area contributed by atoms with Crippen LogP contribution in [-0.2, 0) is 4.74 Å². The zero-order valence-electron chi connectivity index (χ0n) is 16.2. The van der Waals surface area contributed by atoms with Gasteiger partial charge in [0.15, 0.2) is 0 Å². The van der Waals surface area contributed by atoms with Crippen LogP contribution in [0, 0.1) is 5.92 Å². The SMILES string of the molecule is C=C(C1=CCOC1CC/C(=C/c1ccc(O)cc1)c1ccccc1)C(C)C. The van der Waals surface area contributed by atoms with Crippen LogP contribution in [0.1, 0.15) is 37.8 Å². The van der Waals surface area contributed by atoms with Crippen molar-refractivity contribution in [2.75, 3.05) is 6.61 Å². The molecule has 1 aliphatic heterocycles. The van der Waals surface area contributed by atoms with E-state index >= 15 is 0 Å². The van der Waals surface area contributed by atoms with E-state index in [2.05, 4.69) is 56.8 Å². The maximum absolute atomic E-state index is 9.53. The summed E-state index contributed by atoms with van der Waals surface area (Å²) < 4.78 is 5.98. The molecule has 2 nitrogen and oxygen atoms in total. The first-order valence-electron chi connectivity index (χ1n) is 9.60. The first kappa shape index (κ1) is 19.2. The van der Waals surface area contributed by atoms with Gasteiger partial charge in [-0.15, -0.1) is 0 Å². The van der Waals surface area contributed by atoms with Crippen molar-refractivity contribution < 1.29 is 9.84 Å². The molecule has 1 aliphatic rings. The molecule has 0 radical (unpaired) electrons. The molecule has 1 N–H and O–H groups in total. The normalized spacial score (nSPS) is 17.2. The number of phenols is 1. The summed E-state index contributed by atoms with van der Waals surface area (Å²) in [5.41, 5.74) is 6.02. The van der Waals surface area contributed by atoms with Crippen molar-refractivity contribution in [3.8, 4) is 5.75 Å². The Morgan fingerprint density at radius 1 is 1.15 bits per heavy atom. The highest BCUT2D eigenvalue weighted by atomic mass is 16.5. The van der Waals surface area contributed by atoms with Crippen LogP contribution in [0.15, 0.2) is 78.4 Å². The molecule has 0 spiro atoms. The van der Waals surface area contributed by atoms with E-state index in [0.29, 0.717) is 12.5 Å². The second-order valence-corrected chi connectivity index (χ2v) is 7.33. The van der Waals surface area contributed by atoms with Gasteiger partial charge in [-0.2, -0.15) is 0 Å². The van der Waals surface area contributed by atoms with E-state index in [1.54, 1.807) is 12.1 Å². The molecule has 0 saturated carbocycles. The van der Waals surface area contributed by atoms with Crippen molar-refractivity contribution in [1.29, 1.82) is 0 Å². The van der Waals surface area contributed by atoms with Crippen molar-refractivity contribution in [2.24, 2.45) is 5.92 Å². The molecular weight excluding hydrogens is 332 g/mol. The number of ether oxygens (including phenoxy) is 1. The van der Waals surface area contributed by atoms with Crippen molar-refractivity contribution in [3.05, 3.63) is 89.5 Å². The maximum atomic E-state index is 9.53. The zero-order valence-corrected chi connectivity index (χ0v) is 16.2. The van der Waals surface area contributed by atoms with E-state index in [0.717, 1.165) is 18.4 Å². The third-order valence-corrected chi connectivity index (χ3v) is 5.07.